The normalized spacial score (nSPS) is 10.9. The van der Waals surface area contributed by atoms with Crippen LogP contribution in [0.15, 0.2) is 52.9 Å². The van der Waals surface area contributed by atoms with Crippen LogP contribution < -0.4 is 0 Å². The second kappa shape index (κ2) is 4.20. The van der Waals surface area contributed by atoms with Crippen molar-refractivity contribution in [2.45, 2.75) is 6.61 Å². The highest BCUT2D eigenvalue weighted by atomic mass is 16.3. The number of hydrogen-bond donors (Lipinski definition) is 2. The lowest BCUT2D eigenvalue weighted by Gasteiger charge is -1.96. The summed E-state index contributed by atoms with van der Waals surface area (Å²) in [4.78, 5) is 0. The highest BCUT2D eigenvalue weighted by molar-refractivity contribution is 5.83. The molecule has 0 aliphatic rings. The maximum Gasteiger partial charge on any atom is 0.135 e. The van der Waals surface area contributed by atoms with Crippen LogP contribution in [-0.2, 0) is 6.61 Å². The van der Waals surface area contributed by atoms with Gasteiger partial charge in [0.25, 0.3) is 0 Å². The number of aliphatic hydroxyl groups excluding tert-OH is 1. The Morgan fingerprint density at radius 2 is 1.72 bits per heavy atom. The Kier molecular flexibility index (Phi) is 2.54. The van der Waals surface area contributed by atoms with Crippen LogP contribution in [-0.4, -0.2) is 10.2 Å². The van der Waals surface area contributed by atoms with Gasteiger partial charge in [0.15, 0.2) is 0 Å². The minimum atomic E-state index is 0.0235. The standard InChI is InChI=1S/C15H12O3/c16-9-10-1-6-14-12(7-10)8-15(18-14)11-2-4-13(17)5-3-11/h1-8,16-17H,9H2. The van der Waals surface area contributed by atoms with Crippen LogP contribution in [0.4, 0.5) is 0 Å². The molecule has 0 amide bonds. The van der Waals surface area contributed by atoms with Gasteiger partial charge in [0.2, 0.25) is 0 Å². The quantitative estimate of drug-likeness (QED) is 0.722. The predicted octanol–water partition coefficient (Wildman–Crippen LogP) is 3.30. The lowest BCUT2D eigenvalue weighted by Crippen LogP contribution is -1.79. The second-order valence-corrected chi connectivity index (χ2v) is 4.19. The third-order valence-electron chi connectivity index (χ3n) is 2.92. The molecule has 0 saturated heterocycles. The number of rotatable bonds is 2. The number of hydrogen-bond acceptors (Lipinski definition) is 3. The Labute approximate surface area is 104 Å². The van der Waals surface area contributed by atoms with Crippen LogP contribution in [0.25, 0.3) is 22.3 Å². The van der Waals surface area contributed by atoms with Crippen LogP contribution in [0.5, 0.6) is 5.75 Å². The Bertz CT molecular complexity index is 681. The SMILES string of the molecule is OCc1ccc2oc(-c3ccc(O)cc3)cc2c1. The van der Waals surface area contributed by atoms with Gasteiger partial charge >= 0.3 is 0 Å². The molecule has 1 aromatic heterocycles. The molecule has 3 aromatic rings. The van der Waals surface area contributed by atoms with Gasteiger partial charge in [-0.1, -0.05) is 6.07 Å². The number of aromatic hydroxyl groups is 1. The summed E-state index contributed by atoms with van der Waals surface area (Å²) in [7, 11) is 0. The molecule has 2 N–H and O–H groups in total. The number of benzene rings is 2. The molecule has 0 unspecified atom stereocenters. The summed E-state index contributed by atoms with van der Waals surface area (Å²) in [6.45, 7) is 0.0235. The number of aliphatic hydroxyl groups is 1. The first kappa shape index (κ1) is 10.9. The van der Waals surface area contributed by atoms with Crippen LogP contribution in [0.1, 0.15) is 5.56 Å². The van der Waals surface area contributed by atoms with Crippen LogP contribution in [0.2, 0.25) is 0 Å². The third-order valence-corrected chi connectivity index (χ3v) is 2.92. The maximum absolute atomic E-state index is 9.25. The fraction of sp³-hybridized carbons (Fsp3) is 0.0667. The Hall–Kier alpha value is -2.26. The molecule has 0 spiro atoms. The Morgan fingerprint density at radius 3 is 2.44 bits per heavy atom. The summed E-state index contributed by atoms with van der Waals surface area (Å²) in [5.74, 6) is 0.984. The van der Waals surface area contributed by atoms with E-state index in [1.165, 1.54) is 0 Å². The molecule has 3 rings (SSSR count). The third kappa shape index (κ3) is 1.85. The minimum absolute atomic E-state index is 0.0235. The van der Waals surface area contributed by atoms with E-state index < -0.39 is 0 Å². The molecule has 1 heterocycles. The van der Waals surface area contributed by atoms with Gasteiger partial charge in [-0.05, 0) is 48.0 Å². The first-order valence-corrected chi connectivity index (χ1v) is 5.69. The number of furan rings is 1. The molecule has 0 saturated carbocycles. The fourth-order valence-electron chi connectivity index (χ4n) is 1.96. The lowest BCUT2D eigenvalue weighted by molar-refractivity contribution is 0.282. The molecule has 3 heteroatoms. The van der Waals surface area contributed by atoms with Gasteiger partial charge in [-0.2, -0.15) is 0 Å². The summed E-state index contributed by atoms with van der Waals surface area (Å²) < 4.78 is 5.73. The fourth-order valence-corrected chi connectivity index (χ4v) is 1.96. The van der Waals surface area contributed by atoms with Gasteiger partial charge in [0.1, 0.15) is 17.1 Å². The molecule has 0 aliphatic heterocycles. The smallest absolute Gasteiger partial charge is 0.135 e. The average molecular weight is 240 g/mol. The van der Waals surface area contributed by atoms with Crippen molar-refractivity contribution in [2.75, 3.05) is 0 Å². The topological polar surface area (TPSA) is 53.6 Å². The largest absolute Gasteiger partial charge is 0.508 e. The van der Waals surface area contributed by atoms with Gasteiger partial charge in [-0.15, -0.1) is 0 Å². The summed E-state index contributed by atoms with van der Waals surface area (Å²) in [6.07, 6.45) is 0. The zero-order chi connectivity index (χ0) is 12.5. The van der Waals surface area contributed by atoms with Crippen LogP contribution in [0.3, 0.4) is 0 Å². The monoisotopic (exact) mass is 240 g/mol. The summed E-state index contributed by atoms with van der Waals surface area (Å²) in [5, 5.41) is 19.3. The summed E-state index contributed by atoms with van der Waals surface area (Å²) in [5.41, 5.74) is 2.56. The van der Waals surface area contributed by atoms with Crippen LogP contribution >= 0.6 is 0 Å². The molecule has 0 fully saturated rings. The van der Waals surface area contributed by atoms with Crippen molar-refractivity contribution in [3.63, 3.8) is 0 Å². The molecule has 0 bridgehead atoms. The van der Waals surface area contributed by atoms with E-state index >= 15 is 0 Å². The lowest BCUT2D eigenvalue weighted by atomic mass is 10.1. The zero-order valence-corrected chi connectivity index (χ0v) is 9.63. The molecule has 3 nitrogen and oxygen atoms in total. The van der Waals surface area contributed by atoms with E-state index in [4.69, 9.17) is 9.52 Å². The van der Waals surface area contributed by atoms with Crippen molar-refractivity contribution in [1.29, 1.82) is 0 Å². The highest BCUT2D eigenvalue weighted by Gasteiger charge is 2.06. The van der Waals surface area contributed by atoms with Gasteiger partial charge in [0.05, 0.1) is 6.61 Å². The van der Waals surface area contributed by atoms with E-state index in [0.29, 0.717) is 0 Å². The van der Waals surface area contributed by atoms with Crippen LogP contribution in [0, 0.1) is 0 Å². The first-order valence-electron chi connectivity index (χ1n) is 5.69. The molecule has 0 radical (unpaired) electrons. The molecule has 18 heavy (non-hydrogen) atoms. The zero-order valence-electron chi connectivity index (χ0n) is 9.63. The number of phenols is 1. The Morgan fingerprint density at radius 1 is 0.944 bits per heavy atom. The number of fused-ring (bicyclic) bond motifs is 1. The van der Waals surface area contributed by atoms with E-state index in [2.05, 4.69) is 0 Å². The molecular formula is C15H12O3. The molecule has 2 aromatic carbocycles. The maximum atomic E-state index is 9.25. The molecular weight excluding hydrogens is 228 g/mol. The van der Waals surface area contributed by atoms with E-state index in [1.807, 2.05) is 24.3 Å². The average Bonchev–Trinajstić information content (AvgIpc) is 2.82. The summed E-state index contributed by atoms with van der Waals surface area (Å²) >= 11 is 0. The predicted molar refractivity (Wildman–Crippen MR) is 69.2 cm³/mol. The van der Waals surface area contributed by atoms with E-state index in [1.54, 1.807) is 24.3 Å². The Balaban J connectivity index is 2.10. The van der Waals surface area contributed by atoms with Gasteiger partial charge in [-0.3, -0.25) is 0 Å². The first-order chi connectivity index (χ1) is 8.76. The molecule has 90 valence electrons. The van der Waals surface area contributed by atoms with E-state index in [9.17, 15) is 5.11 Å². The van der Waals surface area contributed by atoms with Gasteiger partial charge < -0.3 is 14.6 Å². The van der Waals surface area contributed by atoms with Crippen molar-refractivity contribution in [3.8, 4) is 17.1 Å². The molecule has 0 atom stereocenters. The molecule has 0 aliphatic carbocycles. The van der Waals surface area contributed by atoms with E-state index in [0.717, 1.165) is 27.9 Å². The van der Waals surface area contributed by atoms with Gasteiger partial charge in [-0.25, -0.2) is 0 Å². The van der Waals surface area contributed by atoms with Crippen molar-refractivity contribution in [3.05, 3.63) is 54.1 Å². The minimum Gasteiger partial charge on any atom is -0.508 e. The van der Waals surface area contributed by atoms with Crippen molar-refractivity contribution in [2.24, 2.45) is 0 Å². The summed E-state index contributed by atoms with van der Waals surface area (Å²) in [6, 6.07) is 14.4. The van der Waals surface area contributed by atoms with Gasteiger partial charge in [0, 0.05) is 10.9 Å². The van der Waals surface area contributed by atoms with Crippen molar-refractivity contribution < 1.29 is 14.6 Å². The number of phenolic OH excluding ortho intramolecular Hbond substituents is 1. The second-order valence-electron chi connectivity index (χ2n) is 4.19. The highest BCUT2D eigenvalue weighted by Crippen LogP contribution is 2.29. The van der Waals surface area contributed by atoms with Crippen molar-refractivity contribution in [1.82, 2.24) is 0 Å². The van der Waals surface area contributed by atoms with E-state index in [-0.39, 0.29) is 12.4 Å². The van der Waals surface area contributed by atoms with Crippen molar-refractivity contribution >= 4 is 11.0 Å².